The number of nitro benzene ring substituents is 1. The van der Waals surface area contributed by atoms with E-state index in [0.29, 0.717) is 12.6 Å². The highest BCUT2D eigenvalue weighted by Crippen LogP contribution is 2.14. The van der Waals surface area contributed by atoms with Gasteiger partial charge in [0.15, 0.2) is 12.6 Å². The normalized spacial score (nSPS) is 9.23. The zero-order chi connectivity index (χ0) is 9.84. The van der Waals surface area contributed by atoms with Gasteiger partial charge in [-0.2, -0.15) is 0 Å². The van der Waals surface area contributed by atoms with Gasteiger partial charge in [0.05, 0.1) is 4.92 Å². The molecule has 0 spiro atoms. The van der Waals surface area contributed by atoms with Gasteiger partial charge in [-0.25, -0.2) is 0 Å². The van der Waals surface area contributed by atoms with Gasteiger partial charge in [0.2, 0.25) is 0 Å². The number of benzene rings is 1. The van der Waals surface area contributed by atoms with Crippen molar-refractivity contribution in [2.45, 2.75) is 0 Å². The van der Waals surface area contributed by atoms with Crippen LogP contribution in [0.4, 0.5) is 5.69 Å². The van der Waals surface area contributed by atoms with Gasteiger partial charge in [-0.05, 0) is 6.07 Å². The molecule has 0 bridgehead atoms. The van der Waals surface area contributed by atoms with E-state index in [-0.39, 0.29) is 16.8 Å². The molecule has 0 aliphatic heterocycles. The highest BCUT2D eigenvalue weighted by atomic mass is 16.6. The molecule has 1 aromatic carbocycles. The average Bonchev–Trinajstić information content (AvgIpc) is 2.16. The van der Waals surface area contributed by atoms with Crippen molar-refractivity contribution in [1.29, 1.82) is 0 Å². The number of carbonyl (C=O) groups is 2. The summed E-state index contributed by atoms with van der Waals surface area (Å²) in [6.07, 6.45) is 0.893. The van der Waals surface area contributed by atoms with Crippen molar-refractivity contribution < 1.29 is 14.5 Å². The standard InChI is InChI=1S/C8H5NO4/c10-4-6-1-2-8(9(12)13)3-7(6)5-11/h1-5H. The van der Waals surface area contributed by atoms with Crippen LogP contribution in [0.2, 0.25) is 0 Å². The predicted molar refractivity (Wildman–Crippen MR) is 43.9 cm³/mol. The molecular formula is C8H5NO4. The number of nitrogens with zero attached hydrogens (tertiary/aromatic N) is 1. The van der Waals surface area contributed by atoms with Crippen molar-refractivity contribution in [1.82, 2.24) is 0 Å². The molecule has 0 aliphatic rings. The Labute approximate surface area is 73.1 Å². The molecule has 5 nitrogen and oxygen atoms in total. The van der Waals surface area contributed by atoms with Gasteiger partial charge in [0.1, 0.15) is 0 Å². The lowest BCUT2D eigenvalue weighted by atomic mass is 10.1. The van der Waals surface area contributed by atoms with Gasteiger partial charge in [-0.15, -0.1) is 0 Å². The van der Waals surface area contributed by atoms with Crippen LogP contribution in [0.1, 0.15) is 20.7 Å². The number of nitro groups is 1. The van der Waals surface area contributed by atoms with Crippen molar-refractivity contribution in [3.05, 3.63) is 39.4 Å². The fourth-order valence-corrected chi connectivity index (χ4v) is 0.885. The average molecular weight is 179 g/mol. The lowest BCUT2D eigenvalue weighted by Crippen LogP contribution is -1.94. The van der Waals surface area contributed by atoms with Gasteiger partial charge in [0, 0.05) is 23.3 Å². The molecule has 0 unspecified atom stereocenters. The van der Waals surface area contributed by atoms with E-state index in [2.05, 4.69) is 0 Å². The Morgan fingerprint density at radius 3 is 2.23 bits per heavy atom. The number of aldehydes is 2. The zero-order valence-electron chi connectivity index (χ0n) is 6.47. The molecule has 0 radical (unpaired) electrons. The molecule has 0 fully saturated rings. The quantitative estimate of drug-likeness (QED) is 0.397. The Morgan fingerprint density at radius 1 is 1.15 bits per heavy atom. The zero-order valence-corrected chi connectivity index (χ0v) is 6.47. The van der Waals surface area contributed by atoms with Crippen LogP contribution >= 0.6 is 0 Å². The second kappa shape index (κ2) is 3.57. The number of carbonyl (C=O) groups excluding carboxylic acids is 2. The molecule has 66 valence electrons. The van der Waals surface area contributed by atoms with E-state index in [0.717, 1.165) is 6.07 Å². The maximum Gasteiger partial charge on any atom is 0.270 e. The van der Waals surface area contributed by atoms with E-state index in [9.17, 15) is 19.7 Å². The smallest absolute Gasteiger partial charge is 0.270 e. The van der Waals surface area contributed by atoms with Gasteiger partial charge >= 0.3 is 0 Å². The van der Waals surface area contributed by atoms with E-state index in [1.807, 2.05) is 0 Å². The molecule has 0 saturated carbocycles. The molecule has 1 aromatic rings. The highest BCUT2D eigenvalue weighted by Gasteiger charge is 2.09. The molecule has 0 heterocycles. The summed E-state index contributed by atoms with van der Waals surface area (Å²) >= 11 is 0. The van der Waals surface area contributed by atoms with Crippen LogP contribution in [-0.4, -0.2) is 17.5 Å². The topological polar surface area (TPSA) is 77.3 Å². The summed E-state index contributed by atoms with van der Waals surface area (Å²) < 4.78 is 0. The second-order valence-corrected chi connectivity index (χ2v) is 2.31. The molecule has 13 heavy (non-hydrogen) atoms. The number of hydrogen-bond donors (Lipinski definition) is 0. The first-order valence-corrected chi connectivity index (χ1v) is 3.38. The van der Waals surface area contributed by atoms with Crippen molar-refractivity contribution in [3.63, 3.8) is 0 Å². The predicted octanol–water partition coefficient (Wildman–Crippen LogP) is 1.22. The Kier molecular flexibility index (Phi) is 2.49. The first-order valence-electron chi connectivity index (χ1n) is 3.38. The highest BCUT2D eigenvalue weighted by molar-refractivity contribution is 5.91. The number of non-ortho nitro benzene ring substituents is 1. The van der Waals surface area contributed by atoms with E-state index >= 15 is 0 Å². The Hall–Kier alpha value is -2.04. The fraction of sp³-hybridized carbons (Fsp3) is 0. The van der Waals surface area contributed by atoms with Crippen LogP contribution < -0.4 is 0 Å². The van der Waals surface area contributed by atoms with E-state index < -0.39 is 4.92 Å². The fourth-order valence-electron chi connectivity index (χ4n) is 0.885. The SMILES string of the molecule is O=Cc1ccc([N+](=O)[O-])cc1C=O. The lowest BCUT2D eigenvalue weighted by molar-refractivity contribution is -0.384. The van der Waals surface area contributed by atoms with E-state index in [1.54, 1.807) is 0 Å². The maximum absolute atomic E-state index is 10.4. The van der Waals surface area contributed by atoms with Crippen LogP contribution in [0.5, 0.6) is 0 Å². The minimum absolute atomic E-state index is 0.0317. The minimum atomic E-state index is -0.623. The summed E-state index contributed by atoms with van der Waals surface area (Å²) in [4.78, 5) is 30.4. The molecule has 0 aliphatic carbocycles. The Balaban J connectivity index is 3.28. The molecule has 0 atom stereocenters. The summed E-state index contributed by atoms with van der Waals surface area (Å²) in [7, 11) is 0. The molecule has 5 heteroatoms. The third-order valence-corrected chi connectivity index (χ3v) is 1.54. The summed E-state index contributed by atoms with van der Waals surface area (Å²) in [5, 5.41) is 10.3. The summed E-state index contributed by atoms with van der Waals surface area (Å²) in [6.45, 7) is 0. The largest absolute Gasteiger partial charge is 0.298 e. The van der Waals surface area contributed by atoms with Crippen molar-refractivity contribution >= 4 is 18.3 Å². The van der Waals surface area contributed by atoms with Gasteiger partial charge in [0.25, 0.3) is 5.69 Å². The van der Waals surface area contributed by atoms with E-state index in [4.69, 9.17) is 0 Å². The molecular weight excluding hydrogens is 174 g/mol. The van der Waals surface area contributed by atoms with Crippen molar-refractivity contribution in [3.8, 4) is 0 Å². The molecule has 0 N–H and O–H groups in total. The monoisotopic (exact) mass is 179 g/mol. The van der Waals surface area contributed by atoms with Crippen LogP contribution in [-0.2, 0) is 0 Å². The Bertz CT molecular complexity index is 372. The van der Waals surface area contributed by atoms with Crippen LogP contribution in [0, 0.1) is 10.1 Å². The Morgan fingerprint density at radius 2 is 1.77 bits per heavy atom. The third kappa shape index (κ3) is 1.76. The van der Waals surface area contributed by atoms with Crippen molar-refractivity contribution in [2.75, 3.05) is 0 Å². The number of rotatable bonds is 3. The van der Waals surface area contributed by atoms with E-state index in [1.165, 1.54) is 12.1 Å². The second-order valence-electron chi connectivity index (χ2n) is 2.31. The van der Waals surface area contributed by atoms with Gasteiger partial charge in [-0.3, -0.25) is 19.7 Å². The van der Waals surface area contributed by atoms with Gasteiger partial charge < -0.3 is 0 Å². The first kappa shape index (κ1) is 9.05. The third-order valence-electron chi connectivity index (χ3n) is 1.54. The minimum Gasteiger partial charge on any atom is -0.298 e. The summed E-state index contributed by atoms with van der Waals surface area (Å²) in [5.74, 6) is 0. The lowest BCUT2D eigenvalue weighted by Gasteiger charge is -1.95. The van der Waals surface area contributed by atoms with Gasteiger partial charge in [-0.1, -0.05) is 0 Å². The van der Waals surface area contributed by atoms with Crippen LogP contribution in [0.15, 0.2) is 18.2 Å². The number of hydrogen-bond acceptors (Lipinski definition) is 4. The summed E-state index contributed by atoms with van der Waals surface area (Å²) in [5.41, 5.74) is -0.0162. The first-order chi connectivity index (χ1) is 6.19. The molecule has 1 rings (SSSR count). The summed E-state index contributed by atoms with van der Waals surface area (Å²) in [6, 6.07) is 3.49. The maximum atomic E-state index is 10.4. The molecule has 0 amide bonds. The molecule has 0 aromatic heterocycles. The van der Waals surface area contributed by atoms with Crippen molar-refractivity contribution in [2.24, 2.45) is 0 Å². The van der Waals surface area contributed by atoms with Crippen LogP contribution in [0.3, 0.4) is 0 Å². The van der Waals surface area contributed by atoms with Crippen LogP contribution in [0.25, 0.3) is 0 Å². The molecule has 0 saturated heterocycles.